The van der Waals surface area contributed by atoms with Crippen LogP contribution in [0.3, 0.4) is 0 Å². The molecule has 0 bridgehead atoms. The number of aliphatic hydroxyl groups is 1. The van der Waals surface area contributed by atoms with Gasteiger partial charge < -0.3 is 10.8 Å². The van der Waals surface area contributed by atoms with Gasteiger partial charge >= 0.3 is 0 Å². The molecule has 0 fully saturated rings. The van der Waals surface area contributed by atoms with Gasteiger partial charge in [-0.15, -0.1) is 11.3 Å². The number of hydrogen-bond donors (Lipinski definition) is 2. The highest BCUT2D eigenvalue weighted by Crippen LogP contribution is 2.36. The van der Waals surface area contributed by atoms with Crippen LogP contribution < -0.4 is 5.73 Å². The molecule has 0 aliphatic carbocycles. The minimum absolute atomic E-state index is 0.274. The van der Waals surface area contributed by atoms with E-state index in [1.807, 2.05) is 6.92 Å². The van der Waals surface area contributed by atoms with Crippen molar-refractivity contribution in [2.24, 2.45) is 5.73 Å². The predicted octanol–water partition coefficient (Wildman–Crippen LogP) is 3.53. The smallest absolute Gasteiger partial charge is 0.0979 e. The molecule has 0 radical (unpaired) electrons. The van der Waals surface area contributed by atoms with E-state index in [0.717, 1.165) is 15.4 Å². The summed E-state index contributed by atoms with van der Waals surface area (Å²) in [5.41, 5.74) is 6.59. The summed E-state index contributed by atoms with van der Waals surface area (Å²) in [5.74, 6) is -0.274. The molecular formula is C13H14Cl2N2OS. The van der Waals surface area contributed by atoms with Crippen LogP contribution in [-0.2, 0) is 0 Å². The molecule has 1 aromatic carbocycles. The van der Waals surface area contributed by atoms with Crippen molar-refractivity contribution in [1.82, 2.24) is 4.98 Å². The van der Waals surface area contributed by atoms with Crippen LogP contribution in [0.4, 0.5) is 0 Å². The molecule has 0 spiro atoms. The van der Waals surface area contributed by atoms with E-state index < -0.39 is 6.10 Å². The average Bonchev–Trinajstić information content (AvgIpc) is 2.79. The van der Waals surface area contributed by atoms with Crippen molar-refractivity contribution < 1.29 is 5.11 Å². The highest BCUT2D eigenvalue weighted by molar-refractivity contribution is 7.11. The van der Waals surface area contributed by atoms with Crippen LogP contribution in [0.1, 0.15) is 27.5 Å². The summed E-state index contributed by atoms with van der Waals surface area (Å²) in [4.78, 5) is 4.94. The van der Waals surface area contributed by atoms with Crippen LogP contribution in [0, 0.1) is 6.92 Å². The number of halogens is 2. The molecule has 3 nitrogen and oxygen atoms in total. The van der Waals surface area contributed by atoms with Crippen LogP contribution >= 0.6 is 34.5 Å². The Morgan fingerprint density at radius 2 is 2.16 bits per heavy atom. The highest BCUT2D eigenvalue weighted by atomic mass is 35.5. The van der Waals surface area contributed by atoms with Crippen molar-refractivity contribution in [2.75, 3.05) is 6.54 Å². The van der Waals surface area contributed by atoms with Crippen LogP contribution in [0.2, 0.25) is 10.0 Å². The SMILES string of the molecule is Cc1ncc(C(O)C(CN)c2ccc(Cl)cc2Cl)s1. The molecule has 0 amide bonds. The van der Waals surface area contributed by atoms with Gasteiger partial charge in [-0.05, 0) is 24.6 Å². The predicted molar refractivity (Wildman–Crippen MR) is 80.1 cm³/mol. The number of benzene rings is 1. The van der Waals surface area contributed by atoms with Crippen LogP contribution in [0.25, 0.3) is 0 Å². The second-order valence-electron chi connectivity index (χ2n) is 4.23. The second kappa shape index (κ2) is 6.20. The molecule has 2 rings (SSSR count). The van der Waals surface area contributed by atoms with Gasteiger partial charge in [0.2, 0.25) is 0 Å². The second-order valence-corrected chi connectivity index (χ2v) is 6.34. The van der Waals surface area contributed by atoms with E-state index >= 15 is 0 Å². The summed E-state index contributed by atoms with van der Waals surface area (Å²) in [6.07, 6.45) is 0.965. The third kappa shape index (κ3) is 3.27. The molecule has 0 saturated heterocycles. The number of aryl methyl sites for hydroxylation is 1. The lowest BCUT2D eigenvalue weighted by Crippen LogP contribution is -2.20. The fraction of sp³-hybridized carbons (Fsp3) is 0.308. The minimum Gasteiger partial charge on any atom is -0.387 e. The maximum absolute atomic E-state index is 10.4. The molecule has 2 unspecified atom stereocenters. The van der Waals surface area contributed by atoms with Gasteiger partial charge in [0, 0.05) is 28.7 Å². The van der Waals surface area contributed by atoms with Gasteiger partial charge in [-0.3, -0.25) is 0 Å². The standard InChI is InChI=1S/C13H14Cl2N2OS/c1-7-17-6-12(19-7)13(18)10(5-16)9-3-2-8(14)4-11(9)15/h2-4,6,10,13,18H,5,16H2,1H3. The Hall–Kier alpha value is -0.650. The molecule has 0 aliphatic heterocycles. The fourth-order valence-corrected chi connectivity index (χ4v) is 3.33. The van der Waals surface area contributed by atoms with E-state index in [9.17, 15) is 5.11 Å². The molecule has 0 saturated carbocycles. The molecule has 1 heterocycles. The van der Waals surface area contributed by atoms with Gasteiger partial charge in [-0.25, -0.2) is 4.98 Å². The van der Waals surface area contributed by atoms with Crippen LogP contribution in [-0.4, -0.2) is 16.6 Å². The Morgan fingerprint density at radius 3 is 2.68 bits per heavy atom. The highest BCUT2D eigenvalue weighted by Gasteiger charge is 2.25. The van der Waals surface area contributed by atoms with Crippen molar-refractivity contribution in [1.29, 1.82) is 0 Å². The molecule has 102 valence electrons. The molecule has 3 N–H and O–H groups in total. The molecule has 1 aromatic heterocycles. The number of aromatic nitrogens is 1. The largest absolute Gasteiger partial charge is 0.387 e. The first-order chi connectivity index (χ1) is 9.02. The zero-order valence-corrected chi connectivity index (χ0v) is 12.6. The number of aliphatic hydroxyl groups excluding tert-OH is 1. The van der Waals surface area contributed by atoms with Crippen LogP contribution in [0.15, 0.2) is 24.4 Å². The van der Waals surface area contributed by atoms with Gasteiger partial charge in [0.25, 0.3) is 0 Å². The Morgan fingerprint density at radius 1 is 1.42 bits per heavy atom. The van der Waals surface area contributed by atoms with E-state index in [0.29, 0.717) is 16.6 Å². The number of rotatable bonds is 4. The maximum Gasteiger partial charge on any atom is 0.0979 e. The lowest BCUT2D eigenvalue weighted by atomic mass is 9.93. The first kappa shape index (κ1) is 14.8. The summed E-state index contributed by atoms with van der Waals surface area (Å²) in [5, 5.41) is 12.4. The Labute approximate surface area is 126 Å². The van der Waals surface area contributed by atoms with E-state index in [-0.39, 0.29) is 5.92 Å². The van der Waals surface area contributed by atoms with Crippen molar-refractivity contribution in [3.63, 3.8) is 0 Å². The molecule has 2 atom stereocenters. The third-order valence-electron chi connectivity index (χ3n) is 2.93. The lowest BCUT2D eigenvalue weighted by Gasteiger charge is -2.21. The van der Waals surface area contributed by atoms with E-state index in [1.165, 1.54) is 11.3 Å². The Kier molecular flexibility index (Phi) is 4.81. The quantitative estimate of drug-likeness (QED) is 0.907. The summed E-state index contributed by atoms with van der Waals surface area (Å²) >= 11 is 13.5. The van der Waals surface area contributed by atoms with Crippen molar-refractivity contribution >= 4 is 34.5 Å². The summed E-state index contributed by atoms with van der Waals surface area (Å²) in [6, 6.07) is 5.21. The number of nitrogens with two attached hydrogens (primary N) is 1. The van der Waals surface area contributed by atoms with Gasteiger partial charge in [0.1, 0.15) is 0 Å². The summed E-state index contributed by atoms with van der Waals surface area (Å²) in [6.45, 7) is 2.19. The molecule has 19 heavy (non-hydrogen) atoms. The van der Waals surface area contributed by atoms with Crippen molar-refractivity contribution in [3.8, 4) is 0 Å². The number of thiazole rings is 1. The van der Waals surface area contributed by atoms with Gasteiger partial charge in [0.15, 0.2) is 0 Å². The minimum atomic E-state index is -0.713. The summed E-state index contributed by atoms with van der Waals surface area (Å²) in [7, 11) is 0. The van der Waals surface area contributed by atoms with Crippen molar-refractivity contribution in [2.45, 2.75) is 18.9 Å². The van der Waals surface area contributed by atoms with Crippen molar-refractivity contribution in [3.05, 3.63) is 49.9 Å². The molecule has 0 aliphatic rings. The lowest BCUT2D eigenvalue weighted by molar-refractivity contribution is 0.151. The van der Waals surface area contributed by atoms with E-state index in [2.05, 4.69) is 4.98 Å². The monoisotopic (exact) mass is 316 g/mol. The molecule has 6 heteroatoms. The number of nitrogens with zero attached hydrogens (tertiary/aromatic N) is 1. The van der Waals surface area contributed by atoms with Crippen LogP contribution in [0.5, 0.6) is 0 Å². The first-order valence-corrected chi connectivity index (χ1v) is 7.35. The normalized spacial score (nSPS) is 14.4. The first-order valence-electron chi connectivity index (χ1n) is 5.78. The van der Waals surface area contributed by atoms with Gasteiger partial charge in [-0.2, -0.15) is 0 Å². The zero-order valence-electron chi connectivity index (χ0n) is 10.3. The maximum atomic E-state index is 10.4. The van der Waals surface area contributed by atoms with Gasteiger partial charge in [-0.1, -0.05) is 29.3 Å². The average molecular weight is 317 g/mol. The Bertz CT molecular complexity index is 574. The number of hydrogen-bond acceptors (Lipinski definition) is 4. The summed E-state index contributed by atoms with van der Waals surface area (Å²) < 4.78 is 0. The fourth-order valence-electron chi connectivity index (χ4n) is 1.94. The van der Waals surface area contributed by atoms with E-state index in [4.69, 9.17) is 28.9 Å². The topological polar surface area (TPSA) is 59.1 Å². The van der Waals surface area contributed by atoms with Gasteiger partial charge in [0.05, 0.1) is 16.0 Å². The molecular weight excluding hydrogens is 303 g/mol. The third-order valence-corrected chi connectivity index (χ3v) is 4.47. The Balaban J connectivity index is 2.33. The zero-order chi connectivity index (χ0) is 14.0. The molecule has 2 aromatic rings. The van der Waals surface area contributed by atoms with E-state index in [1.54, 1.807) is 24.4 Å².